The standard InChI is InChI=1S/C8H7BrN4O2/c1-15-7(14)5-2-4(9)3-13-6(5)11-8(10)12-13/h2-3H,1H3,(H2,10,12). The first-order valence-electron chi connectivity index (χ1n) is 4.01. The fourth-order valence-corrected chi connectivity index (χ4v) is 1.65. The number of aromatic nitrogens is 3. The lowest BCUT2D eigenvalue weighted by atomic mass is 10.3. The summed E-state index contributed by atoms with van der Waals surface area (Å²) >= 11 is 3.25. The smallest absolute Gasteiger partial charge is 0.341 e. The zero-order chi connectivity index (χ0) is 11.0. The molecule has 2 aromatic heterocycles. The van der Waals surface area contributed by atoms with E-state index in [-0.39, 0.29) is 5.95 Å². The highest BCUT2D eigenvalue weighted by Crippen LogP contribution is 2.17. The molecule has 2 rings (SSSR count). The summed E-state index contributed by atoms with van der Waals surface area (Å²) in [6.07, 6.45) is 1.66. The van der Waals surface area contributed by atoms with E-state index in [1.165, 1.54) is 11.6 Å². The van der Waals surface area contributed by atoms with Crippen molar-refractivity contribution >= 4 is 33.5 Å². The summed E-state index contributed by atoms with van der Waals surface area (Å²) < 4.78 is 6.74. The van der Waals surface area contributed by atoms with Crippen molar-refractivity contribution in [2.75, 3.05) is 12.8 Å². The van der Waals surface area contributed by atoms with Crippen LogP contribution in [0.2, 0.25) is 0 Å². The number of carbonyl (C=O) groups excluding carboxylic acids is 1. The second-order valence-corrected chi connectivity index (χ2v) is 3.72. The molecule has 0 aliphatic rings. The number of pyridine rings is 1. The Morgan fingerprint density at radius 2 is 2.40 bits per heavy atom. The van der Waals surface area contributed by atoms with E-state index in [0.717, 1.165) is 0 Å². The third-order valence-corrected chi connectivity index (χ3v) is 2.26. The maximum absolute atomic E-state index is 11.4. The fourth-order valence-electron chi connectivity index (χ4n) is 1.23. The van der Waals surface area contributed by atoms with Gasteiger partial charge in [-0.1, -0.05) is 0 Å². The van der Waals surface area contributed by atoms with Crippen LogP contribution in [0.4, 0.5) is 5.95 Å². The van der Waals surface area contributed by atoms with Gasteiger partial charge in [0.1, 0.15) is 5.56 Å². The number of nitrogens with two attached hydrogens (primary N) is 1. The van der Waals surface area contributed by atoms with Crippen molar-refractivity contribution in [2.24, 2.45) is 0 Å². The molecule has 0 amide bonds. The molecular weight excluding hydrogens is 264 g/mol. The predicted molar refractivity (Wildman–Crippen MR) is 56.4 cm³/mol. The molecule has 7 heteroatoms. The molecule has 0 fully saturated rings. The number of hydrogen-bond acceptors (Lipinski definition) is 5. The van der Waals surface area contributed by atoms with E-state index in [4.69, 9.17) is 5.73 Å². The number of esters is 1. The first-order valence-corrected chi connectivity index (χ1v) is 4.81. The van der Waals surface area contributed by atoms with Gasteiger partial charge in [-0.05, 0) is 22.0 Å². The first kappa shape index (κ1) is 9.91. The molecule has 0 radical (unpaired) electrons. The number of methoxy groups -OCH3 is 1. The minimum absolute atomic E-state index is 0.109. The van der Waals surface area contributed by atoms with Crippen LogP contribution in [0.5, 0.6) is 0 Å². The van der Waals surface area contributed by atoms with Gasteiger partial charge < -0.3 is 10.5 Å². The second-order valence-electron chi connectivity index (χ2n) is 2.80. The van der Waals surface area contributed by atoms with E-state index >= 15 is 0 Å². The van der Waals surface area contributed by atoms with Gasteiger partial charge in [0, 0.05) is 10.7 Å². The molecule has 15 heavy (non-hydrogen) atoms. The quantitative estimate of drug-likeness (QED) is 0.778. The number of nitrogens with zero attached hydrogens (tertiary/aromatic N) is 3. The Labute approximate surface area is 93.2 Å². The molecule has 0 aliphatic carbocycles. The molecule has 0 atom stereocenters. The Morgan fingerprint density at radius 1 is 1.67 bits per heavy atom. The van der Waals surface area contributed by atoms with E-state index in [1.807, 2.05) is 0 Å². The Morgan fingerprint density at radius 3 is 3.07 bits per heavy atom. The van der Waals surface area contributed by atoms with Crippen LogP contribution in [0, 0.1) is 0 Å². The summed E-state index contributed by atoms with van der Waals surface area (Å²) in [5.41, 5.74) is 6.13. The number of carbonyl (C=O) groups is 1. The maximum Gasteiger partial charge on any atom is 0.341 e. The average Bonchev–Trinajstić information content (AvgIpc) is 2.55. The van der Waals surface area contributed by atoms with E-state index < -0.39 is 5.97 Å². The number of nitrogen functional groups attached to an aromatic ring is 1. The van der Waals surface area contributed by atoms with Gasteiger partial charge in [0.25, 0.3) is 0 Å². The third-order valence-electron chi connectivity index (χ3n) is 1.82. The summed E-state index contributed by atoms with van der Waals surface area (Å²) in [6.45, 7) is 0. The number of hydrogen-bond donors (Lipinski definition) is 1. The van der Waals surface area contributed by atoms with Crippen LogP contribution < -0.4 is 5.73 Å². The molecule has 2 heterocycles. The predicted octanol–water partition coefficient (Wildman–Crippen LogP) is 0.861. The SMILES string of the molecule is COC(=O)c1cc(Br)cn2nc(N)nc12. The summed E-state index contributed by atoms with van der Waals surface area (Å²) in [4.78, 5) is 15.4. The minimum Gasteiger partial charge on any atom is -0.465 e. The highest BCUT2D eigenvalue weighted by molar-refractivity contribution is 9.10. The Bertz CT molecular complexity index is 537. The first-order chi connectivity index (χ1) is 7.11. The zero-order valence-electron chi connectivity index (χ0n) is 7.77. The zero-order valence-corrected chi connectivity index (χ0v) is 9.35. The van der Waals surface area contributed by atoms with Crippen LogP contribution in [-0.2, 0) is 4.74 Å². The number of anilines is 1. The van der Waals surface area contributed by atoms with E-state index in [9.17, 15) is 4.79 Å². The Kier molecular flexibility index (Phi) is 2.31. The highest BCUT2D eigenvalue weighted by atomic mass is 79.9. The largest absolute Gasteiger partial charge is 0.465 e. The van der Waals surface area contributed by atoms with E-state index in [1.54, 1.807) is 12.3 Å². The topological polar surface area (TPSA) is 82.5 Å². The van der Waals surface area contributed by atoms with Crippen LogP contribution in [0.15, 0.2) is 16.7 Å². The molecule has 0 aliphatic heterocycles. The lowest BCUT2D eigenvalue weighted by Crippen LogP contribution is -2.04. The van der Waals surface area contributed by atoms with Crippen LogP contribution in [0.25, 0.3) is 5.65 Å². The third kappa shape index (κ3) is 1.65. The molecule has 0 spiro atoms. The monoisotopic (exact) mass is 270 g/mol. The number of rotatable bonds is 1. The summed E-state index contributed by atoms with van der Waals surface area (Å²) in [7, 11) is 1.31. The average molecular weight is 271 g/mol. The molecule has 0 bridgehead atoms. The van der Waals surface area contributed by atoms with Gasteiger partial charge >= 0.3 is 5.97 Å². The summed E-state index contributed by atoms with van der Waals surface area (Å²) in [5.74, 6) is -0.369. The highest BCUT2D eigenvalue weighted by Gasteiger charge is 2.14. The Balaban J connectivity index is 2.75. The minimum atomic E-state index is -0.478. The van der Waals surface area contributed by atoms with Gasteiger partial charge in [-0.2, -0.15) is 4.98 Å². The van der Waals surface area contributed by atoms with Gasteiger partial charge in [-0.15, -0.1) is 5.10 Å². The number of fused-ring (bicyclic) bond motifs is 1. The normalized spacial score (nSPS) is 10.5. The van der Waals surface area contributed by atoms with Gasteiger partial charge in [-0.25, -0.2) is 9.31 Å². The van der Waals surface area contributed by atoms with Crippen LogP contribution in [-0.4, -0.2) is 27.7 Å². The van der Waals surface area contributed by atoms with Crippen LogP contribution in [0.3, 0.4) is 0 Å². The molecule has 2 aromatic rings. The van der Waals surface area contributed by atoms with E-state index in [2.05, 4.69) is 30.7 Å². The molecule has 0 unspecified atom stereocenters. The van der Waals surface area contributed by atoms with Gasteiger partial charge in [0.2, 0.25) is 5.95 Å². The maximum atomic E-state index is 11.4. The molecule has 6 nitrogen and oxygen atoms in total. The van der Waals surface area contributed by atoms with Gasteiger partial charge in [0.05, 0.1) is 7.11 Å². The second kappa shape index (κ2) is 3.50. The van der Waals surface area contributed by atoms with Crippen molar-refractivity contribution in [2.45, 2.75) is 0 Å². The molecule has 0 saturated heterocycles. The van der Waals surface area contributed by atoms with Crippen LogP contribution in [0.1, 0.15) is 10.4 Å². The summed E-state index contributed by atoms with van der Waals surface area (Å²) in [5, 5.41) is 3.90. The summed E-state index contributed by atoms with van der Waals surface area (Å²) in [6, 6.07) is 1.61. The lowest BCUT2D eigenvalue weighted by Gasteiger charge is -2.01. The molecule has 0 aromatic carbocycles. The van der Waals surface area contributed by atoms with E-state index in [0.29, 0.717) is 15.7 Å². The molecule has 78 valence electrons. The van der Waals surface area contributed by atoms with Crippen LogP contribution >= 0.6 is 15.9 Å². The van der Waals surface area contributed by atoms with Crippen molar-refractivity contribution in [1.29, 1.82) is 0 Å². The van der Waals surface area contributed by atoms with Crippen molar-refractivity contribution in [1.82, 2.24) is 14.6 Å². The molecular formula is C8H7BrN4O2. The fraction of sp³-hybridized carbons (Fsp3) is 0.125. The van der Waals surface area contributed by atoms with Crippen molar-refractivity contribution < 1.29 is 9.53 Å². The number of ether oxygens (including phenoxy) is 1. The van der Waals surface area contributed by atoms with Gasteiger partial charge in [0.15, 0.2) is 5.65 Å². The lowest BCUT2D eigenvalue weighted by molar-refractivity contribution is 0.0602. The van der Waals surface area contributed by atoms with Gasteiger partial charge in [-0.3, -0.25) is 0 Å². The van der Waals surface area contributed by atoms with Crippen molar-refractivity contribution in [3.63, 3.8) is 0 Å². The molecule has 0 saturated carbocycles. The Hall–Kier alpha value is -1.63. The van der Waals surface area contributed by atoms with Crippen molar-refractivity contribution in [3.05, 3.63) is 22.3 Å². The number of halogens is 1. The molecule has 2 N–H and O–H groups in total. The van der Waals surface area contributed by atoms with Crippen molar-refractivity contribution in [3.8, 4) is 0 Å².